The molecule has 0 atom stereocenters. The summed E-state index contributed by atoms with van der Waals surface area (Å²) in [5, 5.41) is 3.47. The van der Waals surface area contributed by atoms with E-state index in [1.165, 1.54) is 30.9 Å². The molecule has 22 heavy (non-hydrogen) atoms. The molecule has 7 nitrogen and oxygen atoms in total. The van der Waals surface area contributed by atoms with E-state index in [0.29, 0.717) is 29.7 Å². The van der Waals surface area contributed by atoms with Gasteiger partial charge in [-0.3, -0.25) is 13.9 Å². The Balaban J connectivity index is 2.15. The highest BCUT2D eigenvalue weighted by Gasteiger charge is 2.21. The van der Waals surface area contributed by atoms with Crippen LogP contribution in [0.5, 0.6) is 0 Å². The quantitative estimate of drug-likeness (QED) is 0.924. The molecule has 0 spiro atoms. The highest BCUT2D eigenvalue weighted by atomic mass is 16.2. The van der Waals surface area contributed by atoms with Crippen molar-refractivity contribution < 1.29 is 0 Å². The average Bonchev–Trinajstić information content (AvgIpc) is 2.90. The minimum Gasteiger partial charge on any atom is -0.353 e. The summed E-state index contributed by atoms with van der Waals surface area (Å²) in [7, 11) is 3.16. The molecule has 0 aliphatic heterocycles. The number of anilines is 1. The third kappa shape index (κ3) is 2.24. The average molecular weight is 305 g/mol. The van der Waals surface area contributed by atoms with Gasteiger partial charge < -0.3 is 9.88 Å². The lowest BCUT2D eigenvalue weighted by Gasteiger charge is -2.23. The van der Waals surface area contributed by atoms with Crippen molar-refractivity contribution in [3.05, 3.63) is 20.8 Å². The molecule has 3 rings (SSSR count). The zero-order valence-corrected chi connectivity index (χ0v) is 13.4. The molecule has 0 bridgehead atoms. The Labute approximate surface area is 128 Å². The molecular weight excluding hydrogens is 282 g/mol. The fraction of sp³-hybridized carbons (Fsp3) is 0.667. The summed E-state index contributed by atoms with van der Waals surface area (Å²) in [5.41, 5.74) is 0.310. The number of hydrogen-bond donors (Lipinski definition) is 1. The van der Waals surface area contributed by atoms with E-state index in [2.05, 4.69) is 10.3 Å². The number of imidazole rings is 1. The van der Waals surface area contributed by atoms with Crippen LogP contribution in [0.1, 0.15) is 39.0 Å². The molecule has 1 aliphatic carbocycles. The van der Waals surface area contributed by atoms with E-state index in [9.17, 15) is 9.59 Å². The lowest BCUT2D eigenvalue weighted by Crippen LogP contribution is -2.37. The Bertz CT molecular complexity index is 808. The van der Waals surface area contributed by atoms with Crippen LogP contribution >= 0.6 is 0 Å². The molecule has 7 heteroatoms. The van der Waals surface area contributed by atoms with Crippen LogP contribution in [-0.4, -0.2) is 24.7 Å². The van der Waals surface area contributed by atoms with Crippen LogP contribution in [-0.2, 0) is 20.6 Å². The smallest absolute Gasteiger partial charge is 0.332 e. The van der Waals surface area contributed by atoms with Gasteiger partial charge in [0, 0.05) is 26.7 Å². The maximum Gasteiger partial charge on any atom is 0.332 e. The molecule has 2 aromatic rings. The highest BCUT2D eigenvalue weighted by Crippen LogP contribution is 2.23. The summed E-state index contributed by atoms with van der Waals surface area (Å²) in [4.78, 5) is 29.0. The number of hydrogen-bond acceptors (Lipinski definition) is 4. The summed E-state index contributed by atoms with van der Waals surface area (Å²) >= 11 is 0. The van der Waals surface area contributed by atoms with E-state index >= 15 is 0 Å². The molecule has 1 aliphatic rings. The van der Waals surface area contributed by atoms with Crippen molar-refractivity contribution in [3.8, 4) is 0 Å². The van der Waals surface area contributed by atoms with Gasteiger partial charge in [0.1, 0.15) is 0 Å². The summed E-state index contributed by atoms with van der Waals surface area (Å²) < 4.78 is 4.46. The largest absolute Gasteiger partial charge is 0.353 e. The van der Waals surface area contributed by atoms with Crippen LogP contribution in [0.2, 0.25) is 0 Å². The van der Waals surface area contributed by atoms with Crippen molar-refractivity contribution in [2.75, 3.05) is 5.32 Å². The van der Waals surface area contributed by atoms with E-state index < -0.39 is 0 Å². The maximum absolute atomic E-state index is 12.4. The standard InChI is InChI=1S/C15H23N5O2/c1-4-20-11-12(18(2)15(22)19(3)13(11)21)17-14(20)16-10-8-6-5-7-9-10/h10H,4-9H2,1-3H3,(H,16,17). The van der Waals surface area contributed by atoms with Crippen LogP contribution < -0.4 is 16.6 Å². The van der Waals surface area contributed by atoms with Gasteiger partial charge in [-0.1, -0.05) is 19.3 Å². The van der Waals surface area contributed by atoms with E-state index in [0.717, 1.165) is 17.4 Å². The Kier molecular flexibility index (Phi) is 3.80. The first-order valence-corrected chi connectivity index (χ1v) is 7.97. The SMILES string of the molecule is CCn1c(NC2CCCCC2)nc2c1c(=O)n(C)c(=O)n2C. The summed E-state index contributed by atoms with van der Waals surface area (Å²) in [6.45, 7) is 2.62. The fourth-order valence-corrected chi connectivity index (χ4v) is 3.29. The fourth-order valence-electron chi connectivity index (χ4n) is 3.29. The van der Waals surface area contributed by atoms with E-state index in [1.807, 2.05) is 11.5 Å². The maximum atomic E-state index is 12.4. The van der Waals surface area contributed by atoms with Crippen molar-refractivity contribution >= 4 is 17.1 Å². The Hall–Kier alpha value is -2.05. The third-order valence-corrected chi connectivity index (χ3v) is 4.60. The van der Waals surface area contributed by atoms with Crippen LogP contribution in [0.3, 0.4) is 0 Å². The first-order valence-electron chi connectivity index (χ1n) is 7.97. The summed E-state index contributed by atoms with van der Waals surface area (Å²) in [5.74, 6) is 0.697. The highest BCUT2D eigenvalue weighted by molar-refractivity contribution is 5.74. The predicted octanol–water partition coefficient (Wildman–Crippen LogP) is 1.20. The number of fused-ring (bicyclic) bond motifs is 1. The second kappa shape index (κ2) is 5.62. The van der Waals surface area contributed by atoms with Gasteiger partial charge in [0.2, 0.25) is 5.95 Å². The topological polar surface area (TPSA) is 73.8 Å². The molecule has 1 saturated carbocycles. The zero-order valence-electron chi connectivity index (χ0n) is 13.4. The number of nitrogens with one attached hydrogen (secondary N) is 1. The Morgan fingerprint density at radius 2 is 1.82 bits per heavy atom. The van der Waals surface area contributed by atoms with Crippen LogP contribution in [0.4, 0.5) is 5.95 Å². The number of rotatable bonds is 3. The Morgan fingerprint density at radius 3 is 2.45 bits per heavy atom. The second-order valence-electron chi connectivity index (χ2n) is 6.04. The van der Waals surface area contributed by atoms with Crippen molar-refractivity contribution in [3.63, 3.8) is 0 Å². The molecule has 120 valence electrons. The van der Waals surface area contributed by atoms with E-state index in [-0.39, 0.29) is 11.2 Å². The minimum absolute atomic E-state index is 0.288. The molecule has 0 aromatic carbocycles. The van der Waals surface area contributed by atoms with Gasteiger partial charge in [-0.05, 0) is 19.8 Å². The lowest BCUT2D eigenvalue weighted by molar-refractivity contribution is 0.459. The van der Waals surface area contributed by atoms with E-state index in [1.54, 1.807) is 7.05 Å². The van der Waals surface area contributed by atoms with Gasteiger partial charge in [-0.2, -0.15) is 4.98 Å². The van der Waals surface area contributed by atoms with Crippen molar-refractivity contribution in [2.45, 2.75) is 51.6 Å². The van der Waals surface area contributed by atoms with Crippen molar-refractivity contribution in [2.24, 2.45) is 14.1 Å². The van der Waals surface area contributed by atoms with Gasteiger partial charge in [-0.15, -0.1) is 0 Å². The minimum atomic E-state index is -0.345. The zero-order chi connectivity index (χ0) is 15.9. The van der Waals surface area contributed by atoms with Crippen LogP contribution in [0.15, 0.2) is 9.59 Å². The van der Waals surface area contributed by atoms with Gasteiger partial charge in [0.25, 0.3) is 5.56 Å². The van der Waals surface area contributed by atoms with Gasteiger partial charge in [0.15, 0.2) is 11.2 Å². The number of nitrogens with zero attached hydrogens (tertiary/aromatic N) is 4. The third-order valence-electron chi connectivity index (χ3n) is 4.60. The van der Waals surface area contributed by atoms with Crippen molar-refractivity contribution in [1.82, 2.24) is 18.7 Å². The molecule has 0 radical (unpaired) electrons. The van der Waals surface area contributed by atoms with Gasteiger partial charge in [-0.25, -0.2) is 4.79 Å². The normalized spacial score (nSPS) is 16.3. The lowest BCUT2D eigenvalue weighted by atomic mass is 9.96. The molecule has 1 N–H and O–H groups in total. The van der Waals surface area contributed by atoms with E-state index in [4.69, 9.17) is 0 Å². The van der Waals surface area contributed by atoms with Gasteiger partial charge >= 0.3 is 5.69 Å². The molecule has 2 heterocycles. The molecule has 0 unspecified atom stereocenters. The second-order valence-corrected chi connectivity index (χ2v) is 6.04. The first-order chi connectivity index (χ1) is 10.5. The predicted molar refractivity (Wildman–Crippen MR) is 86.4 cm³/mol. The Morgan fingerprint density at radius 1 is 1.14 bits per heavy atom. The monoisotopic (exact) mass is 305 g/mol. The van der Waals surface area contributed by atoms with Crippen molar-refractivity contribution in [1.29, 1.82) is 0 Å². The van der Waals surface area contributed by atoms with Crippen LogP contribution in [0.25, 0.3) is 11.2 Å². The molecular formula is C15H23N5O2. The number of aryl methyl sites for hydroxylation is 2. The molecule has 0 amide bonds. The first kappa shape index (κ1) is 14.9. The molecule has 2 aromatic heterocycles. The van der Waals surface area contributed by atoms with Gasteiger partial charge in [0.05, 0.1) is 0 Å². The number of aromatic nitrogens is 4. The summed E-state index contributed by atoms with van der Waals surface area (Å²) in [6.07, 6.45) is 6.00. The molecule has 0 saturated heterocycles. The summed E-state index contributed by atoms with van der Waals surface area (Å²) in [6, 6.07) is 0.400. The molecule has 1 fully saturated rings. The van der Waals surface area contributed by atoms with Crippen LogP contribution in [0, 0.1) is 0 Å².